The molecule has 2 rings (SSSR count). The van der Waals surface area contributed by atoms with E-state index in [0.717, 1.165) is 19.3 Å². The van der Waals surface area contributed by atoms with Gasteiger partial charge in [-0.1, -0.05) is 40.0 Å². The Balaban J connectivity index is 2.25. The summed E-state index contributed by atoms with van der Waals surface area (Å²) in [5.74, 6) is 0.699. The van der Waals surface area contributed by atoms with Crippen molar-refractivity contribution in [3.8, 4) is 0 Å². The summed E-state index contributed by atoms with van der Waals surface area (Å²) in [5.41, 5.74) is -0.0196. The first-order valence-electron chi connectivity index (χ1n) is 10.7. The zero-order valence-corrected chi connectivity index (χ0v) is 17.9. The Bertz CT molecular complexity index is 505. The summed E-state index contributed by atoms with van der Waals surface area (Å²) in [4.78, 5) is 15.1. The molecule has 1 N–H and O–H groups in total. The standard InChI is InChI=1S/C22H39NO4/c1-6-26-21-17(13-10-14-24)18(22(2,3)4)15-19(27-21)20(25)23(5)16-11-8-7-9-12-16/h15-18,21,24H,6-14H2,1-5H3/t17-,18+,21-/m0/s1. The molecule has 1 amide bonds. The zero-order chi connectivity index (χ0) is 20.0. The van der Waals surface area contributed by atoms with Gasteiger partial charge in [0, 0.05) is 32.2 Å². The molecule has 156 valence electrons. The number of carbonyl (C=O) groups excluding carboxylic acids is 1. The lowest BCUT2D eigenvalue weighted by Crippen LogP contribution is -2.45. The van der Waals surface area contributed by atoms with Crippen molar-refractivity contribution in [2.24, 2.45) is 17.3 Å². The van der Waals surface area contributed by atoms with Crippen LogP contribution in [0.2, 0.25) is 0 Å². The van der Waals surface area contributed by atoms with Crippen molar-refractivity contribution < 1.29 is 19.4 Å². The van der Waals surface area contributed by atoms with E-state index < -0.39 is 6.29 Å². The minimum atomic E-state index is -0.436. The molecule has 0 aromatic rings. The van der Waals surface area contributed by atoms with Gasteiger partial charge in [-0.25, -0.2) is 0 Å². The van der Waals surface area contributed by atoms with Crippen molar-refractivity contribution >= 4 is 5.91 Å². The van der Waals surface area contributed by atoms with Crippen LogP contribution in [0.4, 0.5) is 0 Å². The van der Waals surface area contributed by atoms with Gasteiger partial charge in [-0.05, 0) is 50.0 Å². The fourth-order valence-electron chi connectivity index (χ4n) is 4.49. The second-order valence-corrected chi connectivity index (χ2v) is 9.10. The molecular formula is C22H39NO4. The molecule has 3 atom stereocenters. The van der Waals surface area contributed by atoms with Crippen LogP contribution in [0.3, 0.4) is 0 Å². The number of aliphatic hydroxyl groups is 1. The maximum absolute atomic E-state index is 13.2. The van der Waals surface area contributed by atoms with Crippen molar-refractivity contribution in [2.75, 3.05) is 20.3 Å². The molecular weight excluding hydrogens is 342 g/mol. The molecule has 0 bridgehead atoms. The van der Waals surface area contributed by atoms with Gasteiger partial charge in [-0.2, -0.15) is 0 Å². The van der Waals surface area contributed by atoms with Crippen molar-refractivity contribution in [1.82, 2.24) is 4.90 Å². The van der Waals surface area contributed by atoms with Gasteiger partial charge in [-0.3, -0.25) is 4.79 Å². The van der Waals surface area contributed by atoms with E-state index in [0.29, 0.717) is 24.8 Å². The van der Waals surface area contributed by atoms with E-state index >= 15 is 0 Å². The summed E-state index contributed by atoms with van der Waals surface area (Å²) in [6.45, 7) is 9.24. The van der Waals surface area contributed by atoms with E-state index in [1.165, 1.54) is 19.3 Å². The quantitative estimate of drug-likeness (QED) is 0.721. The van der Waals surface area contributed by atoms with Gasteiger partial charge < -0.3 is 19.5 Å². The zero-order valence-electron chi connectivity index (χ0n) is 17.9. The number of hydrogen-bond acceptors (Lipinski definition) is 4. The summed E-state index contributed by atoms with van der Waals surface area (Å²) >= 11 is 0. The Labute approximate surface area is 165 Å². The van der Waals surface area contributed by atoms with E-state index in [4.69, 9.17) is 9.47 Å². The summed E-state index contributed by atoms with van der Waals surface area (Å²) in [7, 11) is 1.90. The fourth-order valence-corrected chi connectivity index (χ4v) is 4.49. The van der Waals surface area contributed by atoms with E-state index in [2.05, 4.69) is 20.8 Å². The Morgan fingerprint density at radius 3 is 2.52 bits per heavy atom. The number of hydrogen-bond donors (Lipinski definition) is 1. The van der Waals surface area contributed by atoms with Crippen LogP contribution in [0.15, 0.2) is 11.8 Å². The van der Waals surface area contributed by atoms with Gasteiger partial charge in [0.05, 0.1) is 0 Å². The summed E-state index contributed by atoms with van der Waals surface area (Å²) in [6, 6.07) is 0.307. The first kappa shape index (κ1) is 22.2. The Morgan fingerprint density at radius 1 is 1.30 bits per heavy atom. The minimum absolute atomic E-state index is 0.0196. The van der Waals surface area contributed by atoms with Crippen LogP contribution in [0.1, 0.15) is 72.6 Å². The predicted molar refractivity (Wildman–Crippen MR) is 107 cm³/mol. The van der Waals surface area contributed by atoms with E-state index in [-0.39, 0.29) is 29.8 Å². The van der Waals surface area contributed by atoms with Crippen LogP contribution < -0.4 is 0 Å². The van der Waals surface area contributed by atoms with Gasteiger partial charge in [0.2, 0.25) is 6.29 Å². The molecule has 0 spiro atoms. The average molecular weight is 382 g/mol. The van der Waals surface area contributed by atoms with Crippen LogP contribution in [0.25, 0.3) is 0 Å². The third-order valence-corrected chi connectivity index (χ3v) is 6.06. The second kappa shape index (κ2) is 9.92. The van der Waals surface area contributed by atoms with Gasteiger partial charge in [-0.15, -0.1) is 0 Å². The van der Waals surface area contributed by atoms with Gasteiger partial charge >= 0.3 is 0 Å². The van der Waals surface area contributed by atoms with Gasteiger partial charge in [0.25, 0.3) is 5.91 Å². The van der Waals surface area contributed by atoms with Crippen LogP contribution >= 0.6 is 0 Å². The topological polar surface area (TPSA) is 59.0 Å². The fraction of sp³-hybridized carbons (Fsp3) is 0.864. The molecule has 0 radical (unpaired) electrons. The maximum atomic E-state index is 13.2. The molecule has 1 heterocycles. The number of ether oxygens (including phenoxy) is 2. The smallest absolute Gasteiger partial charge is 0.288 e. The molecule has 0 unspecified atom stereocenters. The third kappa shape index (κ3) is 5.71. The highest BCUT2D eigenvalue weighted by molar-refractivity contribution is 5.91. The lowest BCUT2D eigenvalue weighted by Gasteiger charge is -2.43. The maximum Gasteiger partial charge on any atom is 0.288 e. The molecule has 0 saturated heterocycles. The van der Waals surface area contributed by atoms with Crippen LogP contribution in [-0.2, 0) is 14.3 Å². The molecule has 1 saturated carbocycles. The lowest BCUT2D eigenvalue weighted by molar-refractivity contribution is -0.182. The van der Waals surface area contributed by atoms with Crippen LogP contribution in [0.5, 0.6) is 0 Å². The van der Waals surface area contributed by atoms with E-state index in [1.807, 2.05) is 24.9 Å². The number of rotatable bonds is 7. The predicted octanol–water partition coefficient (Wildman–Crippen LogP) is 4.11. The summed E-state index contributed by atoms with van der Waals surface area (Å²) in [6.07, 6.45) is 8.92. The Kier molecular flexibility index (Phi) is 8.17. The van der Waals surface area contributed by atoms with Crippen LogP contribution in [-0.4, -0.2) is 48.5 Å². The lowest BCUT2D eigenvalue weighted by atomic mass is 9.70. The third-order valence-electron chi connectivity index (χ3n) is 6.06. The van der Waals surface area contributed by atoms with Gasteiger partial charge in [0.1, 0.15) is 0 Å². The number of allylic oxidation sites excluding steroid dienone is 1. The second-order valence-electron chi connectivity index (χ2n) is 9.10. The number of nitrogens with zero attached hydrogens (tertiary/aromatic N) is 1. The first-order valence-corrected chi connectivity index (χ1v) is 10.7. The number of likely N-dealkylation sites (N-methyl/N-ethyl adjacent to an activating group) is 1. The molecule has 5 heteroatoms. The molecule has 1 aliphatic heterocycles. The number of aliphatic hydroxyl groups excluding tert-OH is 1. The molecule has 0 aromatic heterocycles. The normalized spacial score (nSPS) is 27.0. The molecule has 0 aromatic carbocycles. The van der Waals surface area contributed by atoms with E-state index in [9.17, 15) is 9.90 Å². The number of amides is 1. The summed E-state index contributed by atoms with van der Waals surface area (Å²) in [5, 5.41) is 9.30. The average Bonchev–Trinajstić information content (AvgIpc) is 2.65. The van der Waals surface area contributed by atoms with E-state index in [1.54, 1.807) is 0 Å². The molecule has 1 fully saturated rings. The highest BCUT2D eigenvalue weighted by Crippen LogP contribution is 2.43. The van der Waals surface area contributed by atoms with Gasteiger partial charge in [0.15, 0.2) is 5.76 Å². The number of carbonyl (C=O) groups is 1. The largest absolute Gasteiger partial charge is 0.459 e. The SMILES string of the molecule is CCO[C@H]1OC(C(=O)N(C)C2CCCCC2)=C[C@@H](C(C)(C)C)[C@@H]1CCCO. The minimum Gasteiger partial charge on any atom is -0.459 e. The molecule has 1 aliphatic carbocycles. The van der Waals surface area contributed by atoms with Crippen molar-refractivity contribution in [3.05, 3.63) is 11.8 Å². The monoisotopic (exact) mass is 381 g/mol. The molecule has 27 heavy (non-hydrogen) atoms. The highest BCUT2D eigenvalue weighted by Gasteiger charge is 2.42. The van der Waals surface area contributed by atoms with Crippen molar-refractivity contribution in [2.45, 2.75) is 85.0 Å². The highest BCUT2D eigenvalue weighted by atomic mass is 16.7. The van der Waals surface area contributed by atoms with Crippen molar-refractivity contribution in [3.63, 3.8) is 0 Å². The summed E-state index contributed by atoms with van der Waals surface area (Å²) < 4.78 is 12.0. The Hall–Kier alpha value is -1.07. The van der Waals surface area contributed by atoms with Crippen LogP contribution in [0, 0.1) is 17.3 Å². The van der Waals surface area contributed by atoms with Crippen molar-refractivity contribution in [1.29, 1.82) is 0 Å². The first-order chi connectivity index (χ1) is 12.8. The molecule has 2 aliphatic rings. The molecule has 5 nitrogen and oxygen atoms in total. The Morgan fingerprint density at radius 2 is 1.96 bits per heavy atom.